The predicted molar refractivity (Wildman–Crippen MR) is 71.5 cm³/mol. The molecule has 3 N–H and O–H groups in total. The van der Waals surface area contributed by atoms with Crippen molar-refractivity contribution in [2.75, 3.05) is 6.54 Å². The van der Waals surface area contributed by atoms with Crippen LogP contribution >= 0.6 is 11.8 Å². The van der Waals surface area contributed by atoms with Gasteiger partial charge in [0.05, 0.1) is 0 Å². The smallest absolute Gasteiger partial charge is 0.317 e. The fraction of sp³-hybridized carbons (Fsp3) is 0.462. The molecule has 0 aliphatic rings. The van der Waals surface area contributed by atoms with E-state index in [1.54, 1.807) is 0 Å². The second-order valence-electron chi connectivity index (χ2n) is 4.25. The van der Waals surface area contributed by atoms with Crippen molar-refractivity contribution >= 4 is 17.7 Å². The molecule has 1 aromatic rings. The molecule has 1 rings (SSSR count). The molecule has 0 aromatic heterocycles. The second-order valence-corrected chi connectivity index (χ2v) is 5.52. The Bertz CT molecular complexity index is 362. The zero-order valence-electron chi connectivity index (χ0n) is 10.2. The molecule has 0 saturated heterocycles. The Balaban J connectivity index is 2.70. The lowest BCUT2D eigenvalue weighted by atomic mass is 10.0. The van der Waals surface area contributed by atoms with Crippen LogP contribution in [-0.2, 0) is 4.79 Å². The van der Waals surface area contributed by atoms with Crippen LogP contribution in [0.2, 0.25) is 0 Å². The molecule has 0 fully saturated rings. The summed E-state index contributed by atoms with van der Waals surface area (Å²) in [7, 11) is 0. The third-order valence-electron chi connectivity index (χ3n) is 2.53. The van der Waals surface area contributed by atoms with E-state index in [-0.39, 0.29) is 0 Å². The monoisotopic (exact) mass is 253 g/mol. The van der Waals surface area contributed by atoms with Crippen molar-refractivity contribution in [3.05, 3.63) is 29.8 Å². The van der Waals surface area contributed by atoms with Gasteiger partial charge in [-0.3, -0.25) is 4.79 Å². The SMILES string of the molecule is CC(C)c1ccc(SC(CCN)C(=O)O)cc1. The van der Waals surface area contributed by atoms with Gasteiger partial charge < -0.3 is 10.8 Å². The van der Waals surface area contributed by atoms with Crippen LogP contribution in [0.5, 0.6) is 0 Å². The second kappa shape index (κ2) is 6.67. The minimum atomic E-state index is -0.798. The lowest BCUT2D eigenvalue weighted by Gasteiger charge is -2.11. The van der Waals surface area contributed by atoms with Gasteiger partial charge >= 0.3 is 5.97 Å². The Morgan fingerprint density at radius 1 is 1.35 bits per heavy atom. The lowest BCUT2D eigenvalue weighted by Crippen LogP contribution is -2.20. The molecule has 1 unspecified atom stereocenters. The van der Waals surface area contributed by atoms with Crippen LogP contribution in [0, 0.1) is 0 Å². The number of carboxylic acid groups (broad SMARTS) is 1. The Labute approximate surface area is 106 Å². The molecule has 1 aromatic carbocycles. The van der Waals surface area contributed by atoms with Gasteiger partial charge in [-0.2, -0.15) is 0 Å². The predicted octanol–water partition coefficient (Wildman–Crippen LogP) is 2.70. The van der Waals surface area contributed by atoms with Gasteiger partial charge in [0.15, 0.2) is 0 Å². The van der Waals surface area contributed by atoms with Crippen molar-refractivity contribution in [3.63, 3.8) is 0 Å². The van der Waals surface area contributed by atoms with Gasteiger partial charge in [0, 0.05) is 4.90 Å². The van der Waals surface area contributed by atoms with Gasteiger partial charge in [-0.05, 0) is 36.6 Å². The molecule has 4 heteroatoms. The van der Waals surface area contributed by atoms with E-state index in [0.29, 0.717) is 18.9 Å². The summed E-state index contributed by atoms with van der Waals surface area (Å²) >= 11 is 1.36. The first-order chi connectivity index (χ1) is 8.04. The van der Waals surface area contributed by atoms with Crippen molar-refractivity contribution < 1.29 is 9.90 Å². The Morgan fingerprint density at radius 3 is 2.35 bits per heavy atom. The molecule has 0 amide bonds. The van der Waals surface area contributed by atoms with E-state index in [0.717, 1.165) is 4.90 Å². The Hall–Kier alpha value is -1.00. The molecular formula is C13H19NO2S. The van der Waals surface area contributed by atoms with Crippen LogP contribution in [-0.4, -0.2) is 22.9 Å². The average molecular weight is 253 g/mol. The number of nitrogens with two attached hydrogens (primary N) is 1. The molecule has 0 radical (unpaired) electrons. The highest BCUT2D eigenvalue weighted by Gasteiger charge is 2.17. The minimum Gasteiger partial charge on any atom is -0.480 e. The first-order valence-electron chi connectivity index (χ1n) is 5.74. The number of hydrogen-bond acceptors (Lipinski definition) is 3. The number of rotatable bonds is 6. The third-order valence-corrected chi connectivity index (χ3v) is 3.80. The van der Waals surface area contributed by atoms with E-state index in [4.69, 9.17) is 10.8 Å². The van der Waals surface area contributed by atoms with Crippen molar-refractivity contribution in [2.24, 2.45) is 5.73 Å². The summed E-state index contributed by atoms with van der Waals surface area (Å²) in [6.45, 7) is 4.67. The average Bonchev–Trinajstić information content (AvgIpc) is 2.29. The Kier molecular flexibility index (Phi) is 5.51. The quantitative estimate of drug-likeness (QED) is 0.765. The van der Waals surface area contributed by atoms with Crippen LogP contribution < -0.4 is 5.73 Å². The molecule has 17 heavy (non-hydrogen) atoms. The maximum atomic E-state index is 11.0. The van der Waals surface area contributed by atoms with Crippen LogP contribution in [0.25, 0.3) is 0 Å². The van der Waals surface area contributed by atoms with E-state index < -0.39 is 11.2 Å². The normalized spacial score (nSPS) is 12.7. The number of thioether (sulfide) groups is 1. The van der Waals surface area contributed by atoms with Gasteiger partial charge in [0.1, 0.15) is 5.25 Å². The first kappa shape index (κ1) is 14.1. The zero-order valence-corrected chi connectivity index (χ0v) is 11.0. The number of aliphatic carboxylic acids is 1. The number of hydrogen-bond donors (Lipinski definition) is 2. The van der Waals surface area contributed by atoms with Gasteiger partial charge in [-0.15, -0.1) is 11.8 Å². The van der Waals surface area contributed by atoms with E-state index in [9.17, 15) is 4.79 Å². The van der Waals surface area contributed by atoms with Gasteiger partial charge in [-0.1, -0.05) is 26.0 Å². The molecule has 94 valence electrons. The molecule has 0 spiro atoms. The molecular weight excluding hydrogens is 234 g/mol. The zero-order chi connectivity index (χ0) is 12.8. The maximum absolute atomic E-state index is 11.0. The largest absolute Gasteiger partial charge is 0.480 e. The molecule has 0 aliphatic carbocycles. The Morgan fingerprint density at radius 2 is 1.94 bits per heavy atom. The van der Waals surface area contributed by atoms with E-state index >= 15 is 0 Å². The highest BCUT2D eigenvalue weighted by atomic mass is 32.2. The third kappa shape index (κ3) is 4.40. The topological polar surface area (TPSA) is 63.3 Å². The fourth-order valence-electron chi connectivity index (χ4n) is 1.48. The fourth-order valence-corrected chi connectivity index (χ4v) is 2.46. The molecule has 3 nitrogen and oxygen atoms in total. The lowest BCUT2D eigenvalue weighted by molar-refractivity contribution is -0.136. The van der Waals surface area contributed by atoms with Crippen LogP contribution in [0.15, 0.2) is 29.2 Å². The van der Waals surface area contributed by atoms with Crippen LogP contribution in [0.1, 0.15) is 31.7 Å². The van der Waals surface area contributed by atoms with Crippen LogP contribution in [0.3, 0.4) is 0 Å². The van der Waals surface area contributed by atoms with Gasteiger partial charge in [-0.25, -0.2) is 0 Å². The molecule has 0 saturated carbocycles. The summed E-state index contributed by atoms with van der Waals surface area (Å²) < 4.78 is 0. The maximum Gasteiger partial charge on any atom is 0.317 e. The van der Waals surface area contributed by atoms with Gasteiger partial charge in [0.25, 0.3) is 0 Å². The van der Waals surface area contributed by atoms with Gasteiger partial charge in [0.2, 0.25) is 0 Å². The minimum absolute atomic E-state index is 0.397. The summed E-state index contributed by atoms with van der Waals surface area (Å²) in [5.41, 5.74) is 6.67. The van der Waals surface area contributed by atoms with Crippen molar-refractivity contribution in [1.29, 1.82) is 0 Å². The summed E-state index contributed by atoms with van der Waals surface area (Å²) in [6.07, 6.45) is 0.492. The molecule has 0 bridgehead atoms. The summed E-state index contributed by atoms with van der Waals surface area (Å²) in [4.78, 5) is 12.0. The standard InChI is InChI=1S/C13H19NO2S/c1-9(2)10-3-5-11(6-4-10)17-12(7-8-14)13(15)16/h3-6,9,12H,7-8,14H2,1-2H3,(H,15,16). The highest BCUT2D eigenvalue weighted by molar-refractivity contribution is 8.00. The van der Waals surface area contributed by atoms with E-state index in [2.05, 4.69) is 13.8 Å². The number of benzene rings is 1. The first-order valence-corrected chi connectivity index (χ1v) is 6.62. The molecule has 0 aliphatic heterocycles. The summed E-state index contributed by atoms with van der Waals surface area (Å²) in [5, 5.41) is 8.58. The highest BCUT2D eigenvalue weighted by Crippen LogP contribution is 2.27. The number of carboxylic acids is 1. The number of carbonyl (C=O) groups is 1. The van der Waals surface area contributed by atoms with Crippen molar-refractivity contribution in [1.82, 2.24) is 0 Å². The van der Waals surface area contributed by atoms with E-state index in [1.165, 1.54) is 17.3 Å². The van der Waals surface area contributed by atoms with Crippen molar-refractivity contribution in [3.8, 4) is 0 Å². The molecule has 0 heterocycles. The van der Waals surface area contributed by atoms with E-state index in [1.807, 2.05) is 24.3 Å². The summed E-state index contributed by atoms with van der Waals surface area (Å²) in [5.74, 6) is -0.304. The van der Waals surface area contributed by atoms with Crippen molar-refractivity contribution in [2.45, 2.75) is 36.3 Å². The molecule has 1 atom stereocenters. The van der Waals surface area contributed by atoms with Crippen LogP contribution in [0.4, 0.5) is 0 Å². The summed E-state index contributed by atoms with van der Waals surface area (Å²) in [6, 6.07) is 8.06.